The highest BCUT2D eigenvalue weighted by molar-refractivity contribution is 5.82. The Labute approximate surface area is 153 Å². The number of fused-ring (bicyclic) bond motifs is 1. The van der Waals surface area contributed by atoms with Crippen molar-refractivity contribution < 1.29 is 9.90 Å². The summed E-state index contributed by atoms with van der Waals surface area (Å²) in [5.41, 5.74) is 1.51. The SMILES string of the molecule is Cc1cc(=O)c2ccccc2n1CC(=O)N1CC[C@@H](CN(C)C)[C@H](O)C1. The third-order valence-electron chi connectivity index (χ3n) is 5.19. The second kappa shape index (κ2) is 7.60. The Balaban J connectivity index is 1.77. The fraction of sp³-hybridized carbons (Fsp3) is 0.500. The number of pyridine rings is 1. The van der Waals surface area contributed by atoms with Crippen molar-refractivity contribution in [3.8, 4) is 0 Å². The fourth-order valence-corrected chi connectivity index (χ4v) is 3.79. The summed E-state index contributed by atoms with van der Waals surface area (Å²) in [4.78, 5) is 28.8. The molecule has 0 bridgehead atoms. The second-order valence-corrected chi connectivity index (χ2v) is 7.47. The van der Waals surface area contributed by atoms with Crippen LogP contribution in [0.1, 0.15) is 12.1 Å². The molecule has 1 aromatic carbocycles. The van der Waals surface area contributed by atoms with E-state index in [4.69, 9.17) is 0 Å². The Kier molecular flexibility index (Phi) is 5.44. The standard InChI is InChI=1S/C20H27N3O3/c1-14-10-18(24)16-6-4-5-7-17(16)23(14)13-20(26)22-9-8-15(11-21(2)3)19(25)12-22/h4-7,10,15,19,25H,8-9,11-13H2,1-3H3/t15-,19+/m0/s1. The Morgan fingerprint density at radius 1 is 1.31 bits per heavy atom. The number of aryl methyl sites for hydroxylation is 1. The highest BCUT2D eigenvalue weighted by atomic mass is 16.3. The molecule has 2 aromatic rings. The van der Waals surface area contributed by atoms with Gasteiger partial charge in [0, 0.05) is 42.7 Å². The average Bonchev–Trinajstić information content (AvgIpc) is 2.60. The number of benzene rings is 1. The molecule has 1 amide bonds. The van der Waals surface area contributed by atoms with Gasteiger partial charge in [0.05, 0.1) is 11.6 Å². The third-order valence-corrected chi connectivity index (χ3v) is 5.19. The molecule has 1 saturated heterocycles. The number of β-amino-alcohol motifs (C(OH)–C–C–N with tert-alkyl or cyclic N) is 1. The molecule has 140 valence electrons. The number of para-hydroxylation sites is 1. The van der Waals surface area contributed by atoms with Crippen LogP contribution >= 0.6 is 0 Å². The Hall–Kier alpha value is -2.18. The van der Waals surface area contributed by atoms with Gasteiger partial charge in [0.15, 0.2) is 5.43 Å². The van der Waals surface area contributed by atoms with Crippen LogP contribution in [0.5, 0.6) is 0 Å². The van der Waals surface area contributed by atoms with Crippen LogP contribution in [0.4, 0.5) is 0 Å². The topological polar surface area (TPSA) is 65.8 Å². The van der Waals surface area contributed by atoms with Crippen molar-refractivity contribution in [2.45, 2.75) is 26.0 Å². The number of carbonyl (C=O) groups excluding carboxylic acids is 1. The minimum Gasteiger partial charge on any atom is -0.391 e. The Morgan fingerprint density at radius 3 is 2.73 bits per heavy atom. The first-order chi connectivity index (χ1) is 12.4. The van der Waals surface area contributed by atoms with Gasteiger partial charge in [0.25, 0.3) is 0 Å². The molecule has 1 fully saturated rings. The van der Waals surface area contributed by atoms with E-state index in [0.29, 0.717) is 18.5 Å². The quantitative estimate of drug-likeness (QED) is 0.889. The molecule has 6 nitrogen and oxygen atoms in total. The summed E-state index contributed by atoms with van der Waals surface area (Å²) < 4.78 is 1.89. The summed E-state index contributed by atoms with van der Waals surface area (Å²) >= 11 is 0. The zero-order valence-electron chi connectivity index (χ0n) is 15.7. The monoisotopic (exact) mass is 357 g/mol. The van der Waals surface area contributed by atoms with Crippen LogP contribution in [-0.4, -0.2) is 65.2 Å². The lowest BCUT2D eigenvalue weighted by Crippen LogP contribution is -2.49. The number of carbonyl (C=O) groups is 1. The highest BCUT2D eigenvalue weighted by Crippen LogP contribution is 2.20. The first-order valence-corrected chi connectivity index (χ1v) is 9.06. The largest absolute Gasteiger partial charge is 0.391 e. The Bertz CT molecular complexity index is 859. The van der Waals surface area contributed by atoms with Crippen molar-refractivity contribution >= 4 is 16.8 Å². The molecule has 2 heterocycles. The van der Waals surface area contributed by atoms with E-state index in [1.165, 1.54) is 0 Å². The molecular formula is C20H27N3O3. The van der Waals surface area contributed by atoms with Crippen molar-refractivity contribution in [3.63, 3.8) is 0 Å². The summed E-state index contributed by atoms with van der Waals surface area (Å²) in [5.74, 6) is 0.174. The van der Waals surface area contributed by atoms with Gasteiger partial charge in [-0.15, -0.1) is 0 Å². The Morgan fingerprint density at radius 2 is 2.04 bits per heavy atom. The molecule has 0 spiro atoms. The summed E-state index contributed by atoms with van der Waals surface area (Å²) in [6.07, 6.45) is 0.302. The number of piperidine rings is 1. The first kappa shape index (κ1) is 18.6. The van der Waals surface area contributed by atoms with Crippen molar-refractivity contribution in [1.82, 2.24) is 14.4 Å². The zero-order valence-corrected chi connectivity index (χ0v) is 15.7. The predicted octanol–water partition coefficient (Wildman–Crippen LogP) is 1.08. The van der Waals surface area contributed by atoms with E-state index >= 15 is 0 Å². The molecule has 0 radical (unpaired) electrons. The number of hydrogen-bond donors (Lipinski definition) is 1. The second-order valence-electron chi connectivity index (χ2n) is 7.47. The minimum absolute atomic E-state index is 0.0238. The van der Waals surface area contributed by atoms with E-state index in [-0.39, 0.29) is 23.8 Å². The normalized spacial score (nSPS) is 20.7. The molecule has 1 aromatic heterocycles. The summed E-state index contributed by atoms with van der Waals surface area (Å²) in [7, 11) is 3.99. The maximum Gasteiger partial charge on any atom is 0.242 e. The van der Waals surface area contributed by atoms with Crippen molar-refractivity contribution in [1.29, 1.82) is 0 Å². The van der Waals surface area contributed by atoms with Crippen LogP contribution in [0.25, 0.3) is 10.9 Å². The minimum atomic E-state index is -0.498. The molecule has 6 heteroatoms. The number of amides is 1. The van der Waals surface area contributed by atoms with Crippen LogP contribution in [0.2, 0.25) is 0 Å². The molecular weight excluding hydrogens is 330 g/mol. The van der Waals surface area contributed by atoms with Crippen LogP contribution < -0.4 is 5.43 Å². The lowest BCUT2D eigenvalue weighted by atomic mass is 9.93. The predicted molar refractivity (Wildman–Crippen MR) is 102 cm³/mol. The van der Waals surface area contributed by atoms with Gasteiger partial charge in [-0.05, 0) is 39.6 Å². The molecule has 0 unspecified atom stereocenters. The van der Waals surface area contributed by atoms with E-state index in [2.05, 4.69) is 4.90 Å². The number of aromatic nitrogens is 1. The summed E-state index contributed by atoms with van der Waals surface area (Å²) in [6.45, 7) is 3.88. The zero-order chi connectivity index (χ0) is 18.8. The van der Waals surface area contributed by atoms with E-state index in [0.717, 1.165) is 24.2 Å². The van der Waals surface area contributed by atoms with Gasteiger partial charge in [0.1, 0.15) is 6.54 Å². The first-order valence-electron chi connectivity index (χ1n) is 9.06. The summed E-state index contributed by atoms with van der Waals surface area (Å²) in [6, 6.07) is 8.94. The fourth-order valence-electron chi connectivity index (χ4n) is 3.79. The van der Waals surface area contributed by atoms with Crippen molar-refractivity contribution in [2.75, 3.05) is 33.7 Å². The number of hydrogen-bond acceptors (Lipinski definition) is 4. The van der Waals surface area contributed by atoms with Gasteiger partial charge in [-0.3, -0.25) is 9.59 Å². The summed E-state index contributed by atoms with van der Waals surface area (Å²) in [5, 5.41) is 11.0. The number of aliphatic hydroxyl groups excluding tert-OH is 1. The lowest BCUT2D eigenvalue weighted by Gasteiger charge is -2.37. The van der Waals surface area contributed by atoms with Crippen molar-refractivity contribution in [2.24, 2.45) is 5.92 Å². The van der Waals surface area contributed by atoms with Crippen LogP contribution in [0.15, 0.2) is 35.1 Å². The average molecular weight is 357 g/mol. The number of rotatable bonds is 4. The molecule has 1 aliphatic heterocycles. The van der Waals surface area contributed by atoms with Gasteiger partial charge < -0.3 is 19.5 Å². The molecule has 0 aliphatic carbocycles. The van der Waals surface area contributed by atoms with Crippen LogP contribution in [0.3, 0.4) is 0 Å². The van der Waals surface area contributed by atoms with Gasteiger partial charge in [-0.25, -0.2) is 0 Å². The van der Waals surface area contributed by atoms with Gasteiger partial charge >= 0.3 is 0 Å². The molecule has 26 heavy (non-hydrogen) atoms. The van der Waals surface area contributed by atoms with Crippen LogP contribution in [-0.2, 0) is 11.3 Å². The van der Waals surface area contributed by atoms with E-state index in [9.17, 15) is 14.7 Å². The van der Waals surface area contributed by atoms with E-state index in [1.807, 2.05) is 43.8 Å². The number of aliphatic hydroxyl groups is 1. The van der Waals surface area contributed by atoms with Crippen molar-refractivity contribution in [3.05, 3.63) is 46.2 Å². The molecule has 2 atom stereocenters. The van der Waals surface area contributed by atoms with Crippen LogP contribution in [0, 0.1) is 12.8 Å². The molecule has 1 N–H and O–H groups in total. The molecule has 1 aliphatic rings. The number of nitrogens with zero attached hydrogens (tertiary/aromatic N) is 3. The van der Waals surface area contributed by atoms with E-state index < -0.39 is 6.10 Å². The maximum atomic E-state index is 12.8. The molecule has 0 saturated carbocycles. The third kappa shape index (κ3) is 3.81. The lowest BCUT2D eigenvalue weighted by molar-refractivity contribution is -0.136. The number of likely N-dealkylation sites (tertiary alicyclic amines) is 1. The van der Waals surface area contributed by atoms with Gasteiger partial charge in [-0.1, -0.05) is 12.1 Å². The van der Waals surface area contributed by atoms with Gasteiger partial charge in [-0.2, -0.15) is 0 Å². The maximum absolute atomic E-state index is 12.8. The highest BCUT2D eigenvalue weighted by Gasteiger charge is 2.30. The smallest absolute Gasteiger partial charge is 0.242 e. The van der Waals surface area contributed by atoms with Gasteiger partial charge in [0.2, 0.25) is 5.91 Å². The van der Waals surface area contributed by atoms with E-state index in [1.54, 1.807) is 17.0 Å². The molecule has 3 rings (SSSR count).